The predicted octanol–water partition coefficient (Wildman–Crippen LogP) is 3.17. The van der Waals surface area contributed by atoms with Gasteiger partial charge >= 0.3 is 0 Å². The van der Waals surface area contributed by atoms with Crippen LogP contribution in [0.5, 0.6) is 0 Å². The maximum absolute atomic E-state index is 12.2. The van der Waals surface area contributed by atoms with Gasteiger partial charge in [0.2, 0.25) is 0 Å². The summed E-state index contributed by atoms with van der Waals surface area (Å²) in [5, 5.41) is 2.78. The van der Waals surface area contributed by atoms with Crippen molar-refractivity contribution in [3.8, 4) is 0 Å². The van der Waals surface area contributed by atoms with Crippen LogP contribution < -0.4 is 10.7 Å². The topological polar surface area (TPSA) is 65.2 Å². The number of amides is 1. The Balaban J connectivity index is 1.62. The summed E-state index contributed by atoms with van der Waals surface area (Å²) in [5.41, 5.74) is 2.51. The molecule has 2 aromatic rings. The summed E-state index contributed by atoms with van der Waals surface area (Å²) in [7, 11) is 0. The molecule has 0 unspecified atom stereocenters. The number of carbonyl (C=O) groups is 1. The fraction of sp³-hybridized carbons (Fsp3) is 0.400. The minimum Gasteiger partial charge on any atom is -0.364 e. The molecule has 1 aromatic carbocycles. The first-order chi connectivity index (χ1) is 12.0. The Morgan fingerprint density at radius 1 is 1.32 bits per heavy atom. The van der Waals surface area contributed by atoms with Gasteiger partial charge in [0, 0.05) is 36.7 Å². The molecule has 2 N–H and O–H groups in total. The van der Waals surface area contributed by atoms with Crippen molar-refractivity contribution < 1.29 is 4.79 Å². The number of rotatable bonds is 4. The highest BCUT2D eigenvalue weighted by atomic mass is 16.2. The summed E-state index contributed by atoms with van der Waals surface area (Å²) >= 11 is 0. The minimum absolute atomic E-state index is 0.122. The number of hydrogen-bond donors (Lipinski definition) is 2. The molecule has 1 aliphatic rings. The zero-order chi connectivity index (χ0) is 17.8. The van der Waals surface area contributed by atoms with E-state index < -0.39 is 0 Å². The highest BCUT2D eigenvalue weighted by Crippen LogP contribution is 2.19. The Bertz CT molecular complexity index is 795. The number of hydrogen-bond acceptors (Lipinski definition) is 3. The fourth-order valence-electron chi connectivity index (χ4n) is 3.33. The van der Waals surface area contributed by atoms with Crippen LogP contribution in [-0.2, 0) is 6.54 Å². The highest BCUT2D eigenvalue weighted by molar-refractivity contribution is 6.03. The number of likely N-dealkylation sites (tertiary alicyclic amines) is 1. The van der Waals surface area contributed by atoms with Crippen LogP contribution in [0.3, 0.4) is 0 Å². The molecular weight excluding hydrogens is 314 g/mol. The summed E-state index contributed by atoms with van der Waals surface area (Å²) in [5.74, 6) is 0.374. The molecule has 1 atom stereocenters. The molecule has 1 aromatic heterocycles. The predicted molar refractivity (Wildman–Crippen MR) is 99.9 cm³/mol. The lowest BCUT2D eigenvalue weighted by Crippen LogP contribution is -2.33. The molecule has 5 heteroatoms. The largest absolute Gasteiger partial charge is 0.364 e. The zero-order valence-electron chi connectivity index (χ0n) is 14.8. The number of piperidine rings is 1. The van der Waals surface area contributed by atoms with Crippen LogP contribution in [0.1, 0.15) is 41.4 Å². The van der Waals surface area contributed by atoms with E-state index in [4.69, 9.17) is 0 Å². The van der Waals surface area contributed by atoms with E-state index in [0.717, 1.165) is 31.2 Å². The highest BCUT2D eigenvalue weighted by Gasteiger charge is 2.16. The maximum Gasteiger partial charge on any atom is 0.261 e. The summed E-state index contributed by atoms with van der Waals surface area (Å²) in [4.78, 5) is 29.5. The summed E-state index contributed by atoms with van der Waals surface area (Å²) in [6.07, 6.45) is 4.04. The third kappa shape index (κ3) is 4.57. The van der Waals surface area contributed by atoms with E-state index in [1.165, 1.54) is 30.7 Å². The van der Waals surface area contributed by atoms with E-state index in [0.29, 0.717) is 5.69 Å². The molecule has 25 heavy (non-hydrogen) atoms. The van der Waals surface area contributed by atoms with Crippen molar-refractivity contribution in [3.63, 3.8) is 0 Å². The van der Waals surface area contributed by atoms with Crippen LogP contribution in [0.2, 0.25) is 0 Å². The molecule has 5 nitrogen and oxygen atoms in total. The molecule has 0 saturated carbocycles. The molecule has 1 amide bonds. The van der Waals surface area contributed by atoms with E-state index in [1.807, 2.05) is 24.3 Å². The van der Waals surface area contributed by atoms with Crippen molar-refractivity contribution in [2.45, 2.75) is 33.2 Å². The summed E-state index contributed by atoms with van der Waals surface area (Å²) < 4.78 is 0. The lowest BCUT2D eigenvalue weighted by atomic mass is 10.00. The molecule has 1 aliphatic heterocycles. The quantitative estimate of drug-likeness (QED) is 0.899. The minimum atomic E-state index is -0.390. The van der Waals surface area contributed by atoms with Gasteiger partial charge in [0.05, 0.1) is 0 Å². The van der Waals surface area contributed by atoms with Gasteiger partial charge in [0.15, 0.2) is 5.43 Å². The van der Waals surface area contributed by atoms with E-state index in [9.17, 15) is 9.59 Å². The van der Waals surface area contributed by atoms with Crippen LogP contribution in [0, 0.1) is 12.8 Å². The van der Waals surface area contributed by atoms with Crippen molar-refractivity contribution in [3.05, 3.63) is 63.6 Å². The van der Waals surface area contributed by atoms with Gasteiger partial charge in [0.1, 0.15) is 5.56 Å². The molecule has 2 heterocycles. The molecular formula is C20H25N3O2. The number of H-pyrrole nitrogens is 1. The number of benzene rings is 1. The second kappa shape index (κ2) is 7.66. The lowest BCUT2D eigenvalue weighted by molar-refractivity contribution is 0.102. The molecule has 0 bridgehead atoms. The third-order valence-corrected chi connectivity index (χ3v) is 4.66. The van der Waals surface area contributed by atoms with Gasteiger partial charge in [-0.3, -0.25) is 14.5 Å². The van der Waals surface area contributed by atoms with Crippen molar-refractivity contribution in [2.24, 2.45) is 5.92 Å². The van der Waals surface area contributed by atoms with Crippen LogP contribution in [0.25, 0.3) is 0 Å². The van der Waals surface area contributed by atoms with Crippen LogP contribution >= 0.6 is 0 Å². The molecule has 3 rings (SSSR count). The monoisotopic (exact) mass is 339 g/mol. The first-order valence-corrected chi connectivity index (χ1v) is 8.83. The number of anilines is 1. The number of pyridine rings is 1. The third-order valence-electron chi connectivity index (χ3n) is 4.66. The SMILES string of the molecule is Cc1cc(=O)c(C(=O)Nc2ccc(CN3CCC[C@@H](C)C3)cc2)c[nH]1. The average molecular weight is 339 g/mol. The van der Waals surface area contributed by atoms with E-state index in [-0.39, 0.29) is 16.9 Å². The number of carbonyl (C=O) groups excluding carboxylic acids is 1. The zero-order valence-corrected chi connectivity index (χ0v) is 14.8. The van der Waals surface area contributed by atoms with Gasteiger partial charge in [-0.1, -0.05) is 19.1 Å². The second-order valence-corrected chi connectivity index (χ2v) is 7.03. The molecule has 1 fully saturated rings. The van der Waals surface area contributed by atoms with Crippen molar-refractivity contribution in [2.75, 3.05) is 18.4 Å². The van der Waals surface area contributed by atoms with Gasteiger partial charge in [-0.05, 0) is 49.9 Å². The van der Waals surface area contributed by atoms with Gasteiger partial charge in [0.25, 0.3) is 5.91 Å². The average Bonchev–Trinajstić information content (AvgIpc) is 2.56. The molecule has 132 valence electrons. The number of aryl methyl sites for hydroxylation is 1. The second-order valence-electron chi connectivity index (χ2n) is 7.03. The maximum atomic E-state index is 12.2. The number of nitrogens with one attached hydrogen (secondary N) is 2. The molecule has 1 saturated heterocycles. The summed E-state index contributed by atoms with van der Waals surface area (Å²) in [6, 6.07) is 9.28. The standard InChI is InChI=1S/C20H25N3O2/c1-14-4-3-9-23(12-14)13-16-5-7-17(8-6-16)22-20(25)18-11-21-15(2)10-19(18)24/h5-8,10-11,14H,3-4,9,12-13H2,1-2H3,(H,21,24)(H,22,25)/t14-/m1/s1. The normalized spacial score (nSPS) is 18.1. The fourth-order valence-corrected chi connectivity index (χ4v) is 3.33. The lowest BCUT2D eigenvalue weighted by Gasteiger charge is -2.30. The Labute approximate surface area is 148 Å². The van der Waals surface area contributed by atoms with Crippen LogP contribution in [0.15, 0.2) is 41.3 Å². The van der Waals surface area contributed by atoms with Crippen molar-refractivity contribution in [1.82, 2.24) is 9.88 Å². The number of aromatic nitrogens is 1. The van der Waals surface area contributed by atoms with E-state index in [1.54, 1.807) is 6.92 Å². The van der Waals surface area contributed by atoms with E-state index >= 15 is 0 Å². The van der Waals surface area contributed by atoms with Gasteiger partial charge in [-0.25, -0.2) is 0 Å². The number of aromatic amines is 1. The van der Waals surface area contributed by atoms with Crippen LogP contribution in [-0.4, -0.2) is 28.9 Å². The first-order valence-electron chi connectivity index (χ1n) is 8.83. The molecule has 0 spiro atoms. The van der Waals surface area contributed by atoms with Crippen molar-refractivity contribution >= 4 is 11.6 Å². The van der Waals surface area contributed by atoms with Gasteiger partial charge in [-0.15, -0.1) is 0 Å². The van der Waals surface area contributed by atoms with Gasteiger partial charge < -0.3 is 10.3 Å². The summed E-state index contributed by atoms with van der Waals surface area (Å²) in [6.45, 7) is 7.33. The Morgan fingerprint density at radius 3 is 2.76 bits per heavy atom. The molecule has 0 radical (unpaired) electrons. The molecule has 0 aliphatic carbocycles. The Morgan fingerprint density at radius 2 is 2.08 bits per heavy atom. The first kappa shape index (κ1) is 17.4. The van der Waals surface area contributed by atoms with E-state index in [2.05, 4.69) is 22.1 Å². The Hall–Kier alpha value is -2.40. The van der Waals surface area contributed by atoms with Gasteiger partial charge in [-0.2, -0.15) is 0 Å². The number of nitrogens with zero attached hydrogens (tertiary/aromatic N) is 1. The smallest absolute Gasteiger partial charge is 0.261 e. The van der Waals surface area contributed by atoms with Crippen molar-refractivity contribution in [1.29, 1.82) is 0 Å². The van der Waals surface area contributed by atoms with Crippen LogP contribution in [0.4, 0.5) is 5.69 Å². The Kier molecular flexibility index (Phi) is 5.34.